The van der Waals surface area contributed by atoms with E-state index in [1.54, 1.807) is 11.0 Å². The van der Waals surface area contributed by atoms with Gasteiger partial charge in [0.25, 0.3) is 0 Å². The molecular formula is C24H24N2O2S. The number of amides is 1. The van der Waals surface area contributed by atoms with Gasteiger partial charge in [0.1, 0.15) is 0 Å². The van der Waals surface area contributed by atoms with Crippen molar-refractivity contribution in [3.63, 3.8) is 0 Å². The van der Waals surface area contributed by atoms with Crippen molar-refractivity contribution in [2.75, 3.05) is 4.90 Å². The van der Waals surface area contributed by atoms with Crippen LogP contribution < -0.4 is 4.90 Å². The van der Waals surface area contributed by atoms with E-state index in [9.17, 15) is 9.59 Å². The van der Waals surface area contributed by atoms with Gasteiger partial charge in [0.15, 0.2) is 10.9 Å². The lowest BCUT2D eigenvalue weighted by molar-refractivity contribution is -0.115. The lowest BCUT2D eigenvalue weighted by Gasteiger charge is -2.21. The molecule has 148 valence electrons. The molecule has 0 fully saturated rings. The molecule has 0 radical (unpaired) electrons. The number of aryl methyl sites for hydroxylation is 3. The Bertz CT molecular complexity index is 1110. The standard InChI is InChI=1S/C24H24N2O2S/c1-15-9-10-20(13-17(15)3)23(28)12-11-21-14-29-24(25-21)26(19(5)27)22-8-6-7-16(2)18(22)4/h6-14H,1-5H3/b12-11+. The lowest BCUT2D eigenvalue weighted by Crippen LogP contribution is -2.23. The summed E-state index contributed by atoms with van der Waals surface area (Å²) < 4.78 is 0. The third kappa shape index (κ3) is 4.51. The number of allylic oxidation sites excluding steroid dienone is 1. The predicted octanol–water partition coefficient (Wildman–Crippen LogP) is 5.96. The number of rotatable bonds is 5. The van der Waals surface area contributed by atoms with E-state index >= 15 is 0 Å². The van der Waals surface area contributed by atoms with Crippen molar-refractivity contribution in [3.8, 4) is 0 Å². The number of carbonyl (C=O) groups excluding carboxylic acids is 2. The van der Waals surface area contributed by atoms with Crippen LogP contribution in [0.2, 0.25) is 0 Å². The summed E-state index contributed by atoms with van der Waals surface area (Å²) in [5.74, 6) is -0.171. The fraction of sp³-hybridized carbons (Fsp3) is 0.208. The normalized spacial score (nSPS) is 11.1. The van der Waals surface area contributed by atoms with Crippen molar-refractivity contribution in [1.29, 1.82) is 0 Å². The van der Waals surface area contributed by atoms with Crippen LogP contribution >= 0.6 is 11.3 Å². The molecule has 3 rings (SSSR count). The van der Waals surface area contributed by atoms with Gasteiger partial charge in [-0.2, -0.15) is 0 Å². The number of ketones is 1. The molecule has 2 aromatic carbocycles. The number of thiazole rings is 1. The number of carbonyl (C=O) groups is 2. The minimum atomic E-state index is -0.102. The molecular weight excluding hydrogens is 380 g/mol. The number of hydrogen-bond donors (Lipinski definition) is 0. The average Bonchev–Trinajstić information content (AvgIpc) is 3.14. The Morgan fingerprint density at radius 3 is 2.45 bits per heavy atom. The molecule has 1 amide bonds. The van der Waals surface area contributed by atoms with Crippen LogP contribution in [0.5, 0.6) is 0 Å². The molecule has 3 aromatic rings. The van der Waals surface area contributed by atoms with Gasteiger partial charge in [0.05, 0.1) is 11.4 Å². The highest BCUT2D eigenvalue weighted by Crippen LogP contribution is 2.32. The van der Waals surface area contributed by atoms with Gasteiger partial charge < -0.3 is 0 Å². The number of benzene rings is 2. The van der Waals surface area contributed by atoms with Gasteiger partial charge in [-0.15, -0.1) is 11.3 Å². The topological polar surface area (TPSA) is 50.3 Å². The van der Waals surface area contributed by atoms with Gasteiger partial charge in [-0.3, -0.25) is 14.5 Å². The third-order valence-corrected chi connectivity index (χ3v) is 5.87. The van der Waals surface area contributed by atoms with E-state index in [2.05, 4.69) is 4.98 Å². The smallest absolute Gasteiger partial charge is 0.230 e. The van der Waals surface area contributed by atoms with E-state index < -0.39 is 0 Å². The zero-order valence-corrected chi connectivity index (χ0v) is 18.1. The fourth-order valence-corrected chi connectivity index (χ4v) is 3.84. The summed E-state index contributed by atoms with van der Waals surface area (Å²) >= 11 is 1.38. The first kappa shape index (κ1) is 20.7. The van der Waals surface area contributed by atoms with E-state index in [0.29, 0.717) is 16.4 Å². The summed E-state index contributed by atoms with van der Waals surface area (Å²) in [5, 5.41) is 2.44. The maximum absolute atomic E-state index is 12.5. The Morgan fingerprint density at radius 1 is 1.00 bits per heavy atom. The zero-order valence-electron chi connectivity index (χ0n) is 17.3. The van der Waals surface area contributed by atoms with Crippen molar-refractivity contribution in [3.05, 3.63) is 81.4 Å². The summed E-state index contributed by atoms with van der Waals surface area (Å²) in [4.78, 5) is 31.0. The Hall–Kier alpha value is -3.05. The maximum Gasteiger partial charge on any atom is 0.230 e. The van der Waals surface area contributed by atoms with E-state index in [-0.39, 0.29) is 11.7 Å². The van der Waals surface area contributed by atoms with Crippen molar-refractivity contribution >= 4 is 39.9 Å². The second kappa shape index (κ2) is 8.53. The minimum Gasteiger partial charge on any atom is -0.289 e. The summed E-state index contributed by atoms with van der Waals surface area (Å²) in [6.07, 6.45) is 3.22. The predicted molar refractivity (Wildman–Crippen MR) is 120 cm³/mol. The Kier molecular flexibility index (Phi) is 6.09. The first-order valence-corrected chi connectivity index (χ1v) is 10.3. The molecule has 4 nitrogen and oxygen atoms in total. The maximum atomic E-state index is 12.5. The second-order valence-corrected chi connectivity index (χ2v) is 7.96. The van der Waals surface area contributed by atoms with E-state index in [1.807, 2.05) is 69.5 Å². The molecule has 29 heavy (non-hydrogen) atoms. The average molecular weight is 405 g/mol. The highest BCUT2D eigenvalue weighted by molar-refractivity contribution is 7.14. The molecule has 0 unspecified atom stereocenters. The Morgan fingerprint density at radius 2 is 1.76 bits per heavy atom. The van der Waals surface area contributed by atoms with Crippen LogP contribution in [0.1, 0.15) is 45.2 Å². The molecule has 5 heteroatoms. The first-order valence-electron chi connectivity index (χ1n) is 9.40. The lowest BCUT2D eigenvalue weighted by atomic mass is 10.0. The van der Waals surface area contributed by atoms with Crippen molar-refractivity contribution in [1.82, 2.24) is 4.98 Å². The quantitative estimate of drug-likeness (QED) is 0.389. The number of nitrogens with zero attached hydrogens (tertiary/aromatic N) is 2. The molecule has 0 aliphatic rings. The number of hydrogen-bond acceptors (Lipinski definition) is 4. The van der Waals surface area contributed by atoms with Gasteiger partial charge >= 0.3 is 0 Å². The van der Waals surface area contributed by atoms with Crippen LogP contribution in [0.15, 0.2) is 47.9 Å². The molecule has 0 N–H and O–H groups in total. The van der Waals surface area contributed by atoms with Crippen LogP contribution in [0.25, 0.3) is 6.08 Å². The summed E-state index contributed by atoms with van der Waals surface area (Å²) in [7, 11) is 0. The van der Waals surface area contributed by atoms with E-state index in [4.69, 9.17) is 0 Å². The highest BCUT2D eigenvalue weighted by atomic mass is 32.1. The van der Waals surface area contributed by atoms with Gasteiger partial charge in [0, 0.05) is 17.9 Å². The van der Waals surface area contributed by atoms with Gasteiger partial charge in [0.2, 0.25) is 5.91 Å². The number of anilines is 2. The fourth-order valence-electron chi connectivity index (χ4n) is 2.99. The molecule has 0 bridgehead atoms. The molecule has 0 saturated heterocycles. The third-order valence-electron chi connectivity index (χ3n) is 5.03. The SMILES string of the molecule is CC(=O)N(c1nc(/C=C/C(=O)c2ccc(C)c(C)c2)cs1)c1cccc(C)c1C. The van der Waals surface area contributed by atoms with Gasteiger partial charge in [-0.05, 0) is 74.2 Å². The van der Waals surface area contributed by atoms with Crippen molar-refractivity contribution in [2.45, 2.75) is 34.6 Å². The monoisotopic (exact) mass is 404 g/mol. The van der Waals surface area contributed by atoms with Crippen LogP contribution in [0, 0.1) is 27.7 Å². The molecule has 0 saturated carbocycles. The first-order chi connectivity index (χ1) is 13.8. The largest absolute Gasteiger partial charge is 0.289 e. The van der Waals surface area contributed by atoms with Crippen LogP contribution in [-0.4, -0.2) is 16.7 Å². The summed E-state index contributed by atoms with van der Waals surface area (Å²) in [5.41, 5.74) is 6.54. The molecule has 0 aliphatic carbocycles. The molecule has 0 atom stereocenters. The van der Waals surface area contributed by atoms with E-state index in [1.165, 1.54) is 24.3 Å². The van der Waals surface area contributed by atoms with Crippen LogP contribution in [-0.2, 0) is 4.79 Å². The van der Waals surface area contributed by atoms with Crippen molar-refractivity contribution in [2.24, 2.45) is 0 Å². The van der Waals surface area contributed by atoms with Crippen LogP contribution in [0.3, 0.4) is 0 Å². The number of aromatic nitrogens is 1. The molecule has 0 aliphatic heterocycles. The van der Waals surface area contributed by atoms with E-state index in [0.717, 1.165) is 27.9 Å². The molecule has 0 spiro atoms. The van der Waals surface area contributed by atoms with Crippen molar-refractivity contribution < 1.29 is 9.59 Å². The summed E-state index contributed by atoms with van der Waals surface area (Å²) in [6.45, 7) is 9.56. The van der Waals surface area contributed by atoms with Gasteiger partial charge in [-0.1, -0.05) is 24.3 Å². The van der Waals surface area contributed by atoms with Gasteiger partial charge in [-0.25, -0.2) is 4.98 Å². The zero-order chi connectivity index (χ0) is 21.1. The second-order valence-electron chi connectivity index (χ2n) is 7.13. The Balaban J connectivity index is 1.86. The summed E-state index contributed by atoms with van der Waals surface area (Å²) in [6, 6.07) is 11.6. The minimum absolute atomic E-state index is 0.0689. The molecule has 1 heterocycles. The molecule has 1 aromatic heterocycles. The van der Waals surface area contributed by atoms with Crippen LogP contribution in [0.4, 0.5) is 10.8 Å². The highest BCUT2D eigenvalue weighted by Gasteiger charge is 2.20. The Labute approximate surface area is 175 Å².